The number of hydrogen-bond donors (Lipinski definition) is 2. The molecule has 2 N–H and O–H groups in total. The summed E-state index contributed by atoms with van der Waals surface area (Å²) < 4.78 is 11.3. The number of anilines is 1. The molecule has 1 aromatic carbocycles. The average Bonchev–Trinajstić information content (AvgIpc) is 2.76. The van der Waals surface area contributed by atoms with Gasteiger partial charge in [-0.3, -0.25) is 4.90 Å². The lowest BCUT2D eigenvalue weighted by atomic mass is 10.1. The molecular weight excluding hydrogens is 406 g/mol. The normalized spacial score (nSPS) is 16.7. The minimum Gasteiger partial charge on any atom is -0.493 e. The molecule has 1 aliphatic heterocycles. The van der Waals surface area contributed by atoms with Gasteiger partial charge in [-0.15, -0.1) is 0 Å². The molecule has 1 aliphatic rings. The predicted molar refractivity (Wildman–Crippen MR) is 125 cm³/mol. The van der Waals surface area contributed by atoms with Gasteiger partial charge in [-0.1, -0.05) is 26.0 Å². The van der Waals surface area contributed by atoms with Gasteiger partial charge >= 0.3 is 6.09 Å². The van der Waals surface area contributed by atoms with E-state index in [0.717, 1.165) is 23.6 Å². The molecule has 1 fully saturated rings. The summed E-state index contributed by atoms with van der Waals surface area (Å²) in [5.41, 5.74) is 1.34. The van der Waals surface area contributed by atoms with Gasteiger partial charge in [0.05, 0.1) is 18.3 Å². The molecule has 2 aromatic rings. The van der Waals surface area contributed by atoms with Crippen LogP contribution in [0.15, 0.2) is 36.5 Å². The van der Waals surface area contributed by atoms with Crippen LogP contribution in [0.25, 0.3) is 0 Å². The number of aromatic nitrogens is 2. The van der Waals surface area contributed by atoms with E-state index in [0.29, 0.717) is 38.1 Å². The summed E-state index contributed by atoms with van der Waals surface area (Å²) in [6, 6.07) is 9.65. The van der Waals surface area contributed by atoms with E-state index in [-0.39, 0.29) is 12.1 Å². The Morgan fingerprint density at radius 1 is 1.25 bits per heavy atom. The lowest BCUT2D eigenvalue weighted by Gasteiger charge is -2.36. The monoisotopic (exact) mass is 441 g/mol. The molecule has 3 rings (SSSR count). The van der Waals surface area contributed by atoms with Crippen LogP contribution in [0, 0.1) is 5.92 Å². The van der Waals surface area contributed by atoms with E-state index in [2.05, 4.69) is 34.4 Å². The third-order valence-electron chi connectivity index (χ3n) is 4.85. The Hall–Kier alpha value is -2.87. The summed E-state index contributed by atoms with van der Waals surface area (Å²) >= 11 is 0. The van der Waals surface area contributed by atoms with E-state index in [1.807, 2.05) is 51.1 Å². The Labute approximate surface area is 190 Å². The van der Waals surface area contributed by atoms with Crippen molar-refractivity contribution in [3.63, 3.8) is 0 Å². The van der Waals surface area contributed by atoms with Crippen LogP contribution >= 0.6 is 0 Å². The summed E-state index contributed by atoms with van der Waals surface area (Å²) in [6.07, 6.45) is 1.40. The lowest BCUT2D eigenvalue weighted by Crippen LogP contribution is -2.50. The van der Waals surface area contributed by atoms with Gasteiger partial charge in [0.15, 0.2) is 0 Å². The molecule has 0 bridgehead atoms. The van der Waals surface area contributed by atoms with Crippen molar-refractivity contribution in [3.8, 4) is 5.75 Å². The number of nitrogens with one attached hydrogen (secondary N) is 2. The molecule has 1 aromatic heterocycles. The number of amides is 1. The first-order valence-corrected chi connectivity index (χ1v) is 11.2. The van der Waals surface area contributed by atoms with Crippen LogP contribution in [0.3, 0.4) is 0 Å². The second-order valence-electron chi connectivity index (χ2n) is 9.40. The van der Waals surface area contributed by atoms with Crippen LogP contribution in [0.2, 0.25) is 0 Å². The minimum atomic E-state index is -0.541. The fraction of sp³-hybridized carbons (Fsp3) is 0.542. The van der Waals surface area contributed by atoms with Gasteiger partial charge in [0.25, 0.3) is 0 Å². The molecule has 0 saturated carbocycles. The maximum atomic E-state index is 12.7. The van der Waals surface area contributed by atoms with Crippen LogP contribution in [0.4, 0.5) is 10.7 Å². The number of nitrogens with zero attached hydrogens (tertiary/aromatic N) is 3. The second-order valence-corrected chi connectivity index (χ2v) is 9.40. The average molecular weight is 442 g/mol. The van der Waals surface area contributed by atoms with Crippen molar-refractivity contribution in [2.24, 2.45) is 5.92 Å². The third kappa shape index (κ3) is 7.09. The SMILES string of the molecule is CC(C)COc1ccc(CNc2nccc(C3CNCCN3C(=O)OC(C)(C)C)n2)cc1. The van der Waals surface area contributed by atoms with Crippen LogP contribution in [0.5, 0.6) is 5.75 Å². The zero-order valence-corrected chi connectivity index (χ0v) is 19.7. The lowest BCUT2D eigenvalue weighted by molar-refractivity contribution is 0.0113. The first-order valence-electron chi connectivity index (χ1n) is 11.2. The number of hydrogen-bond acceptors (Lipinski definition) is 7. The highest BCUT2D eigenvalue weighted by atomic mass is 16.6. The molecule has 0 radical (unpaired) electrons. The molecular formula is C24H35N5O3. The van der Waals surface area contributed by atoms with E-state index >= 15 is 0 Å². The van der Waals surface area contributed by atoms with E-state index in [1.165, 1.54) is 0 Å². The first-order chi connectivity index (χ1) is 15.2. The van der Waals surface area contributed by atoms with Gasteiger partial charge in [0.1, 0.15) is 11.4 Å². The topological polar surface area (TPSA) is 88.6 Å². The zero-order valence-electron chi connectivity index (χ0n) is 19.7. The molecule has 174 valence electrons. The highest BCUT2D eigenvalue weighted by Crippen LogP contribution is 2.24. The summed E-state index contributed by atoms with van der Waals surface area (Å²) in [5.74, 6) is 1.89. The van der Waals surface area contributed by atoms with Crippen LogP contribution < -0.4 is 15.4 Å². The van der Waals surface area contributed by atoms with Crippen LogP contribution in [-0.4, -0.2) is 52.8 Å². The summed E-state index contributed by atoms with van der Waals surface area (Å²) in [6.45, 7) is 13.1. The Morgan fingerprint density at radius 2 is 2.00 bits per heavy atom. The molecule has 8 nitrogen and oxygen atoms in total. The summed E-state index contributed by atoms with van der Waals surface area (Å²) in [7, 11) is 0. The van der Waals surface area contributed by atoms with Gasteiger partial charge in [-0.2, -0.15) is 0 Å². The molecule has 2 heterocycles. The fourth-order valence-corrected chi connectivity index (χ4v) is 3.30. The molecule has 1 amide bonds. The highest BCUT2D eigenvalue weighted by molar-refractivity contribution is 5.69. The number of carbonyl (C=O) groups excluding carboxylic acids is 1. The standard InChI is InChI=1S/C24H35N5O3/c1-17(2)16-31-19-8-6-18(7-9-19)14-27-22-26-11-10-20(28-22)21-15-25-12-13-29(21)23(30)32-24(3,4)5/h6-11,17,21,25H,12-16H2,1-5H3,(H,26,27,28). The number of benzene rings is 1. The van der Waals surface area contributed by atoms with E-state index < -0.39 is 5.60 Å². The van der Waals surface area contributed by atoms with E-state index in [9.17, 15) is 4.79 Å². The minimum absolute atomic E-state index is 0.209. The molecule has 0 aliphatic carbocycles. The quantitative estimate of drug-likeness (QED) is 0.671. The first kappa shape index (κ1) is 23.8. The van der Waals surface area contributed by atoms with Gasteiger partial charge in [-0.25, -0.2) is 14.8 Å². The molecule has 1 saturated heterocycles. The molecule has 8 heteroatoms. The van der Waals surface area contributed by atoms with Gasteiger partial charge in [0, 0.05) is 32.4 Å². The smallest absolute Gasteiger partial charge is 0.410 e. The maximum absolute atomic E-state index is 12.7. The third-order valence-corrected chi connectivity index (χ3v) is 4.85. The summed E-state index contributed by atoms with van der Waals surface area (Å²) in [5, 5.41) is 6.61. The van der Waals surface area contributed by atoms with Crippen LogP contribution in [-0.2, 0) is 11.3 Å². The van der Waals surface area contributed by atoms with Crippen molar-refractivity contribution in [2.45, 2.75) is 52.8 Å². The Kier molecular flexibility index (Phi) is 7.90. The zero-order chi connectivity index (χ0) is 23.1. The Balaban J connectivity index is 1.63. The fourth-order valence-electron chi connectivity index (χ4n) is 3.30. The predicted octanol–water partition coefficient (Wildman–Crippen LogP) is 4.00. The largest absolute Gasteiger partial charge is 0.493 e. The van der Waals surface area contributed by atoms with E-state index in [4.69, 9.17) is 9.47 Å². The van der Waals surface area contributed by atoms with Crippen molar-refractivity contribution in [1.82, 2.24) is 20.2 Å². The molecule has 0 spiro atoms. The molecule has 1 unspecified atom stereocenters. The van der Waals surface area contributed by atoms with Crippen molar-refractivity contribution in [3.05, 3.63) is 47.8 Å². The summed E-state index contributed by atoms with van der Waals surface area (Å²) in [4.78, 5) is 23.5. The van der Waals surface area contributed by atoms with Crippen LogP contribution in [0.1, 0.15) is 51.9 Å². The number of carbonyl (C=O) groups is 1. The molecule has 32 heavy (non-hydrogen) atoms. The van der Waals surface area contributed by atoms with Crippen molar-refractivity contribution >= 4 is 12.0 Å². The number of rotatable bonds is 7. The van der Waals surface area contributed by atoms with Gasteiger partial charge < -0.3 is 20.1 Å². The number of piperazine rings is 1. The van der Waals surface area contributed by atoms with Gasteiger partial charge in [0.2, 0.25) is 5.95 Å². The Bertz CT molecular complexity index is 880. The van der Waals surface area contributed by atoms with Crippen molar-refractivity contribution in [1.29, 1.82) is 0 Å². The van der Waals surface area contributed by atoms with Crippen molar-refractivity contribution < 1.29 is 14.3 Å². The molecule has 1 atom stereocenters. The van der Waals surface area contributed by atoms with Gasteiger partial charge in [-0.05, 0) is 50.5 Å². The number of ether oxygens (including phenoxy) is 2. The Morgan fingerprint density at radius 3 is 2.69 bits per heavy atom. The van der Waals surface area contributed by atoms with Crippen molar-refractivity contribution in [2.75, 3.05) is 31.6 Å². The second kappa shape index (κ2) is 10.6. The highest BCUT2D eigenvalue weighted by Gasteiger charge is 2.32. The maximum Gasteiger partial charge on any atom is 0.410 e. The van der Waals surface area contributed by atoms with E-state index in [1.54, 1.807) is 11.1 Å².